The molecular weight excluding hydrogens is 397 g/mol. The van der Waals surface area contributed by atoms with Crippen LogP contribution < -0.4 is 20.1 Å². The van der Waals surface area contributed by atoms with E-state index >= 15 is 0 Å². The first-order valence-corrected chi connectivity index (χ1v) is 8.90. The summed E-state index contributed by atoms with van der Waals surface area (Å²) in [6.07, 6.45) is 2.09. The van der Waals surface area contributed by atoms with Crippen molar-refractivity contribution in [1.29, 1.82) is 0 Å². The highest BCUT2D eigenvalue weighted by molar-refractivity contribution is 7.07. The van der Waals surface area contributed by atoms with Crippen molar-refractivity contribution >= 4 is 42.1 Å². The summed E-state index contributed by atoms with van der Waals surface area (Å²) < 4.78 is 11.1. The Hall–Kier alpha value is -1.54. The number of rotatable bonds is 6. The van der Waals surface area contributed by atoms with Gasteiger partial charge < -0.3 is 20.1 Å². The van der Waals surface area contributed by atoms with Crippen molar-refractivity contribution < 1.29 is 14.3 Å². The zero-order valence-electron chi connectivity index (χ0n) is 14.4. The second kappa shape index (κ2) is 11.2. The van der Waals surface area contributed by atoms with Crippen molar-refractivity contribution in [2.24, 2.45) is 0 Å². The van der Waals surface area contributed by atoms with Crippen molar-refractivity contribution in [3.05, 3.63) is 40.3 Å². The number of carbonyl (C=O) groups excluding carboxylic acids is 1. The Morgan fingerprint density at radius 3 is 2.88 bits per heavy atom. The van der Waals surface area contributed by atoms with Crippen molar-refractivity contribution in [2.75, 3.05) is 20.2 Å². The molecule has 1 aliphatic rings. The molecule has 0 bridgehead atoms. The molecule has 1 aliphatic heterocycles. The number of nitrogens with one attached hydrogen (secondary N) is 2. The fraction of sp³-hybridized carbons (Fsp3) is 0.412. The molecule has 2 aromatic rings. The van der Waals surface area contributed by atoms with Crippen LogP contribution in [0.5, 0.6) is 11.5 Å². The van der Waals surface area contributed by atoms with E-state index in [2.05, 4.69) is 15.6 Å². The summed E-state index contributed by atoms with van der Waals surface area (Å²) in [5.74, 6) is 1.05. The van der Waals surface area contributed by atoms with Crippen LogP contribution in [0.4, 0.5) is 0 Å². The van der Waals surface area contributed by atoms with Crippen LogP contribution in [0.25, 0.3) is 0 Å². The molecule has 0 spiro atoms. The quantitative estimate of drug-likeness (QED) is 0.752. The predicted octanol–water partition coefficient (Wildman–Crippen LogP) is 3.06. The molecule has 1 aromatic carbocycles. The van der Waals surface area contributed by atoms with Crippen molar-refractivity contribution in [2.45, 2.75) is 25.5 Å². The summed E-state index contributed by atoms with van der Waals surface area (Å²) in [4.78, 5) is 16.6. The number of halogens is 2. The number of methoxy groups -OCH3 is 1. The van der Waals surface area contributed by atoms with Crippen LogP contribution in [0.1, 0.15) is 28.9 Å². The van der Waals surface area contributed by atoms with E-state index in [4.69, 9.17) is 9.47 Å². The highest BCUT2D eigenvalue weighted by atomic mass is 35.5. The van der Waals surface area contributed by atoms with E-state index in [0.29, 0.717) is 23.7 Å². The standard InChI is InChI=1S/C17H21N3O3S.2ClH/c1-22-16-7-12(17(21)20-13-3-2-6-18-8-13)4-5-15(16)23-9-14-10-24-11-19-14;;/h4-5,7,10-11,13,18H,2-3,6,8-9H2,1H3,(H,20,21);2*1H. The van der Waals surface area contributed by atoms with Crippen molar-refractivity contribution in [3.63, 3.8) is 0 Å². The Morgan fingerprint density at radius 2 is 2.23 bits per heavy atom. The smallest absolute Gasteiger partial charge is 0.251 e. The number of ether oxygens (including phenoxy) is 2. The molecule has 0 radical (unpaired) electrons. The van der Waals surface area contributed by atoms with Gasteiger partial charge in [0.1, 0.15) is 6.61 Å². The molecule has 2 heterocycles. The van der Waals surface area contributed by atoms with Crippen molar-refractivity contribution in [3.8, 4) is 11.5 Å². The maximum absolute atomic E-state index is 12.4. The maximum Gasteiger partial charge on any atom is 0.251 e. The molecule has 1 atom stereocenters. The van der Waals surface area contributed by atoms with Gasteiger partial charge in [0.15, 0.2) is 11.5 Å². The molecular formula is C17H23Cl2N3O3S. The molecule has 1 saturated heterocycles. The van der Waals surface area contributed by atoms with E-state index in [1.54, 1.807) is 30.8 Å². The van der Waals surface area contributed by atoms with Gasteiger partial charge in [0, 0.05) is 23.5 Å². The fourth-order valence-electron chi connectivity index (χ4n) is 2.63. The summed E-state index contributed by atoms with van der Waals surface area (Å²) in [7, 11) is 1.57. The summed E-state index contributed by atoms with van der Waals surface area (Å²) in [6, 6.07) is 5.41. The molecule has 6 nitrogen and oxygen atoms in total. The Labute approximate surface area is 169 Å². The van der Waals surface area contributed by atoms with Gasteiger partial charge in [0.05, 0.1) is 18.3 Å². The molecule has 0 saturated carbocycles. The Morgan fingerprint density at radius 1 is 1.38 bits per heavy atom. The second-order valence-corrected chi connectivity index (χ2v) is 6.37. The Balaban J connectivity index is 0.00000169. The van der Waals surface area contributed by atoms with E-state index in [-0.39, 0.29) is 36.8 Å². The number of aromatic nitrogens is 1. The molecule has 9 heteroatoms. The van der Waals surface area contributed by atoms with Crippen LogP contribution in [0, 0.1) is 0 Å². The number of hydrogen-bond acceptors (Lipinski definition) is 6. The zero-order valence-corrected chi connectivity index (χ0v) is 16.8. The molecule has 0 aliphatic carbocycles. The lowest BCUT2D eigenvalue weighted by atomic mass is 10.1. The highest BCUT2D eigenvalue weighted by Crippen LogP contribution is 2.29. The maximum atomic E-state index is 12.4. The van der Waals surface area contributed by atoms with E-state index in [9.17, 15) is 4.79 Å². The molecule has 26 heavy (non-hydrogen) atoms. The lowest BCUT2D eigenvalue weighted by Crippen LogP contribution is -2.45. The molecule has 144 valence electrons. The minimum atomic E-state index is -0.0898. The van der Waals surface area contributed by atoms with Gasteiger partial charge in [-0.25, -0.2) is 4.98 Å². The Kier molecular flexibility index (Phi) is 9.72. The van der Waals surface area contributed by atoms with Gasteiger partial charge in [0.25, 0.3) is 5.91 Å². The molecule has 2 N–H and O–H groups in total. The number of amides is 1. The van der Waals surface area contributed by atoms with Gasteiger partial charge in [-0.3, -0.25) is 4.79 Å². The topological polar surface area (TPSA) is 72.5 Å². The van der Waals surface area contributed by atoms with E-state index in [0.717, 1.165) is 31.6 Å². The summed E-state index contributed by atoms with van der Waals surface area (Å²) in [5, 5.41) is 8.28. The van der Waals surface area contributed by atoms with E-state index < -0.39 is 0 Å². The largest absolute Gasteiger partial charge is 0.493 e. The van der Waals surface area contributed by atoms with Gasteiger partial charge in [-0.1, -0.05) is 0 Å². The lowest BCUT2D eigenvalue weighted by Gasteiger charge is -2.24. The third-order valence-corrected chi connectivity index (χ3v) is 4.55. The first kappa shape index (κ1) is 22.5. The van der Waals surface area contributed by atoms with Gasteiger partial charge in [-0.15, -0.1) is 36.2 Å². The summed E-state index contributed by atoms with van der Waals surface area (Å²) >= 11 is 1.53. The van der Waals surface area contributed by atoms with Crippen LogP contribution in [0.2, 0.25) is 0 Å². The van der Waals surface area contributed by atoms with Gasteiger partial charge in [-0.2, -0.15) is 0 Å². The van der Waals surface area contributed by atoms with Gasteiger partial charge in [0.2, 0.25) is 0 Å². The summed E-state index contributed by atoms with van der Waals surface area (Å²) in [5.41, 5.74) is 3.20. The number of hydrogen-bond donors (Lipinski definition) is 2. The minimum Gasteiger partial charge on any atom is -0.493 e. The molecule has 1 unspecified atom stereocenters. The molecule has 1 fully saturated rings. The molecule has 3 rings (SSSR count). The average Bonchev–Trinajstić information content (AvgIpc) is 3.14. The SMILES string of the molecule is COc1cc(C(=O)NC2CCCNC2)ccc1OCc1cscn1.Cl.Cl. The first-order valence-electron chi connectivity index (χ1n) is 7.96. The van der Waals surface area contributed by atoms with Crippen LogP contribution in [0.15, 0.2) is 29.1 Å². The number of thiazole rings is 1. The third-order valence-electron chi connectivity index (χ3n) is 3.92. The zero-order chi connectivity index (χ0) is 16.8. The van der Waals surface area contributed by atoms with E-state index in [1.807, 2.05) is 5.38 Å². The molecule has 1 amide bonds. The third kappa shape index (κ3) is 6.02. The summed E-state index contributed by atoms with van der Waals surface area (Å²) in [6.45, 7) is 2.21. The van der Waals surface area contributed by atoms with Crippen molar-refractivity contribution in [1.82, 2.24) is 15.6 Å². The Bertz CT molecular complexity index is 680. The first-order chi connectivity index (χ1) is 11.8. The molecule has 1 aromatic heterocycles. The van der Waals surface area contributed by atoms with Crippen LogP contribution in [-0.2, 0) is 6.61 Å². The number of nitrogens with zero attached hydrogens (tertiary/aromatic N) is 1. The van der Waals surface area contributed by atoms with Crippen LogP contribution in [-0.4, -0.2) is 37.1 Å². The number of benzene rings is 1. The minimum absolute atomic E-state index is 0. The number of carbonyl (C=O) groups is 1. The van der Waals surface area contributed by atoms with Crippen LogP contribution >= 0.6 is 36.2 Å². The second-order valence-electron chi connectivity index (χ2n) is 5.65. The monoisotopic (exact) mass is 419 g/mol. The van der Waals surface area contributed by atoms with Gasteiger partial charge >= 0.3 is 0 Å². The predicted molar refractivity (Wildman–Crippen MR) is 107 cm³/mol. The lowest BCUT2D eigenvalue weighted by molar-refractivity contribution is 0.0930. The normalized spacial score (nSPS) is 16.0. The fourth-order valence-corrected chi connectivity index (χ4v) is 3.18. The average molecular weight is 420 g/mol. The van der Waals surface area contributed by atoms with E-state index in [1.165, 1.54) is 11.3 Å². The van der Waals surface area contributed by atoms with Crippen LogP contribution in [0.3, 0.4) is 0 Å². The highest BCUT2D eigenvalue weighted by Gasteiger charge is 2.17. The number of piperidine rings is 1. The van der Waals surface area contributed by atoms with Gasteiger partial charge in [-0.05, 0) is 37.6 Å².